The molecule has 1 aromatic rings. The molecule has 1 aromatic carbocycles. The lowest BCUT2D eigenvalue weighted by atomic mass is 10.2. The van der Waals surface area contributed by atoms with Crippen molar-refractivity contribution in [2.45, 2.75) is 24.8 Å². The molecule has 4 nitrogen and oxygen atoms in total. The van der Waals surface area contributed by atoms with Crippen LogP contribution in [0.15, 0.2) is 23.1 Å². The van der Waals surface area contributed by atoms with Crippen molar-refractivity contribution in [1.29, 1.82) is 0 Å². The Labute approximate surface area is 119 Å². The van der Waals surface area contributed by atoms with Crippen molar-refractivity contribution < 1.29 is 12.8 Å². The van der Waals surface area contributed by atoms with Crippen LogP contribution in [0, 0.1) is 12.7 Å². The standard InChI is InChI=1S/C12H17FN2O2S.ClH/c1-9-7-11(3-4-12(9)13)18(16,17)15-6-5-14-8-10(15)2;/h3-4,7,10,14H,5-6,8H2,1-2H3;1H. The highest BCUT2D eigenvalue weighted by Crippen LogP contribution is 2.21. The van der Waals surface area contributed by atoms with E-state index >= 15 is 0 Å². The van der Waals surface area contributed by atoms with Gasteiger partial charge in [-0.2, -0.15) is 4.31 Å². The number of rotatable bonds is 2. The van der Waals surface area contributed by atoms with Gasteiger partial charge >= 0.3 is 0 Å². The summed E-state index contributed by atoms with van der Waals surface area (Å²) in [5.74, 6) is -0.387. The number of nitrogens with one attached hydrogen (secondary N) is 1. The maximum absolute atomic E-state index is 13.2. The normalized spacial score (nSPS) is 20.9. The number of piperazine rings is 1. The van der Waals surface area contributed by atoms with Gasteiger partial charge < -0.3 is 5.32 Å². The summed E-state index contributed by atoms with van der Waals surface area (Å²) in [5.41, 5.74) is 0.346. The van der Waals surface area contributed by atoms with E-state index in [0.717, 1.165) is 0 Å². The lowest BCUT2D eigenvalue weighted by Gasteiger charge is -2.32. The van der Waals surface area contributed by atoms with Gasteiger partial charge in [-0.1, -0.05) is 0 Å². The summed E-state index contributed by atoms with van der Waals surface area (Å²) >= 11 is 0. The SMILES string of the molecule is Cc1cc(S(=O)(=O)N2CCNCC2C)ccc1F.Cl. The Morgan fingerprint density at radius 1 is 1.42 bits per heavy atom. The molecule has 7 heteroatoms. The van der Waals surface area contributed by atoms with Crippen LogP contribution < -0.4 is 5.32 Å². The highest BCUT2D eigenvalue weighted by molar-refractivity contribution is 7.89. The molecular formula is C12H18ClFN2O2S. The van der Waals surface area contributed by atoms with Crippen LogP contribution in [0.5, 0.6) is 0 Å². The Morgan fingerprint density at radius 2 is 2.11 bits per heavy atom. The molecule has 0 radical (unpaired) electrons. The van der Waals surface area contributed by atoms with Crippen LogP contribution >= 0.6 is 12.4 Å². The predicted octanol–water partition coefficient (Wildman–Crippen LogP) is 1.54. The third kappa shape index (κ3) is 3.25. The fraction of sp³-hybridized carbons (Fsp3) is 0.500. The number of hydrogen-bond donors (Lipinski definition) is 1. The Bertz CT molecular complexity index is 551. The van der Waals surface area contributed by atoms with Gasteiger partial charge in [-0.15, -0.1) is 12.4 Å². The number of aryl methyl sites for hydroxylation is 1. The lowest BCUT2D eigenvalue weighted by Crippen LogP contribution is -2.52. The van der Waals surface area contributed by atoms with Crippen LogP contribution in [0.4, 0.5) is 4.39 Å². The van der Waals surface area contributed by atoms with E-state index < -0.39 is 10.0 Å². The average Bonchev–Trinajstić information content (AvgIpc) is 2.33. The molecule has 1 saturated heterocycles. The molecule has 1 aliphatic rings. The van der Waals surface area contributed by atoms with Crippen LogP contribution in [0.3, 0.4) is 0 Å². The minimum absolute atomic E-state index is 0. The second-order valence-corrected chi connectivity index (χ2v) is 6.47. The Morgan fingerprint density at radius 3 is 2.68 bits per heavy atom. The van der Waals surface area contributed by atoms with Gasteiger partial charge in [0.15, 0.2) is 0 Å². The minimum atomic E-state index is -3.52. The largest absolute Gasteiger partial charge is 0.314 e. The summed E-state index contributed by atoms with van der Waals surface area (Å²) in [6, 6.07) is 3.83. The van der Waals surface area contributed by atoms with E-state index in [4.69, 9.17) is 0 Å². The van der Waals surface area contributed by atoms with Gasteiger partial charge in [0.1, 0.15) is 5.82 Å². The van der Waals surface area contributed by atoms with Crippen LogP contribution in [0.25, 0.3) is 0 Å². The second-order valence-electron chi connectivity index (χ2n) is 4.58. The molecule has 0 spiro atoms. The molecule has 0 aliphatic carbocycles. The molecule has 19 heavy (non-hydrogen) atoms. The van der Waals surface area contributed by atoms with E-state index in [9.17, 15) is 12.8 Å². The first-order valence-corrected chi connectivity index (χ1v) is 7.35. The third-order valence-corrected chi connectivity index (χ3v) is 5.19. The Balaban J connectivity index is 0.00000180. The number of nitrogens with zero attached hydrogens (tertiary/aromatic N) is 1. The first-order valence-electron chi connectivity index (χ1n) is 5.91. The van der Waals surface area contributed by atoms with E-state index in [0.29, 0.717) is 25.2 Å². The van der Waals surface area contributed by atoms with E-state index in [1.807, 2.05) is 6.92 Å². The topological polar surface area (TPSA) is 49.4 Å². The smallest absolute Gasteiger partial charge is 0.243 e. The van der Waals surface area contributed by atoms with E-state index in [1.165, 1.54) is 22.5 Å². The molecule has 1 atom stereocenters. The van der Waals surface area contributed by atoms with Crippen molar-refractivity contribution in [2.24, 2.45) is 0 Å². The Hall–Kier alpha value is -0.690. The zero-order chi connectivity index (χ0) is 13.3. The second kappa shape index (κ2) is 6.17. The van der Waals surface area contributed by atoms with Crippen molar-refractivity contribution in [3.8, 4) is 0 Å². The van der Waals surface area contributed by atoms with Crippen LogP contribution in [0.1, 0.15) is 12.5 Å². The molecule has 1 fully saturated rings. The third-order valence-electron chi connectivity index (χ3n) is 3.18. The summed E-state index contributed by atoms with van der Waals surface area (Å²) in [4.78, 5) is 0.162. The van der Waals surface area contributed by atoms with Crippen molar-refractivity contribution in [1.82, 2.24) is 9.62 Å². The molecule has 0 aromatic heterocycles. The van der Waals surface area contributed by atoms with Crippen LogP contribution in [-0.4, -0.2) is 38.4 Å². The van der Waals surface area contributed by atoms with Crippen molar-refractivity contribution in [3.63, 3.8) is 0 Å². The molecule has 0 saturated carbocycles. The zero-order valence-electron chi connectivity index (χ0n) is 10.9. The molecular weight excluding hydrogens is 291 g/mol. The van der Waals surface area contributed by atoms with Gasteiger partial charge in [-0.05, 0) is 37.6 Å². The summed E-state index contributed by atoms with van der Waals surface area (Å²) < 4.78 is 39.5. The van der Waals surface area contributed by atoms with Crippen molar-refractivity contribution in [3.05, 3.63) is 29.6 Å². The van der Waals surface area contributed by atoms with Gasteiger partial charge in [0, 0.05) is 25.7 Å². The van der Waals surface area contributed by atoms with E-state index in [-0.39, 0.29) is 29.2 Å². The van der Waals surface area contributed by atoms with E-state index in [2.05, 4.69) is 5.32 Å². The molecule has 0 bridgehead atoms. The first kappa shape index (κ1) is 16.4. The average molecular weight is 309 g/mol. The van der Waals surface area contributed by atoms with Gasteiger partial charge in [0.25, 0.3) is 0 Å². The Kier molecular flexibility index (Phi) is 5.32. The van der Waals surface area contributed by atoms with E-state index in [1.54, 1.807) is 6.92 Å². The van der Waals surface area contributed by atoms with Crippen LogP contribution in [0.2, 0.25) is 0 Å². The van der Waals surface area contributed by atoms with Crippen LogP contribution in [-0.2, 0) is 10.0 Å². The molecule has 1 unspecified atom stereocenters. The number of sulfonamides is 1. The highest BCUT2D eigenvalue weighted by Gasteiger charge is 2.30. The van der Waals surface area contributed by atoms with Gasteiger partial charge in [0.05, 0.1) is 4.90 Å². The lowest BCUT2D eigenvalue weighted by molar-refractivity contribution is 0.284. The molecule has 108 valence electrons. The molecule has 1 heterocycles. The molecule has 0 amide bonds. The van der Waals surface area contributed by atoms with Crippen molar-refractivity contribution in [2.75, 3.05) is 19.6 Å². The van der Waals surface area contributed by atoms with Gasteiger partial charge in [0.2, 0.25) is 10.0 Å². The maximum Gasteiger partial charge on any atom is 0.243 e. The fourth-order valence-electron chi connectivity index (χ4n) is 2.09. The summed E-state index contributed by atoms with van der Waals surface area (Å²) in [6.45, 7) is 5.15. The highest BCUT2D eigenvalue weighted by atomic mass is 35.5. The zero-order valence-corrected chi connectivity index (χ0v) is 12.5. The number of halogens is 2. The van der Waals surface area contributed by atoms with Gasteiger partial charge in [-0.3, -0.25) is 0 Å². The molecule has 1 N–H and O–H groups in total. The quantitative estimate of drug-likeness (QED) is 0.901. The fourth-order valence-corrected chi connectivity index (χ4v) is 3.81. The number of benzene rings is 1. The minimum Gasteiger partial charge on any atom is -0.314 e. The monoisotopic (exact) mass is 308 g/mol. The van der Waals surface area contributed by atoms with Gasteiger partial charge in [-0.25, -0.2) is 12.8 Å². The molecule has 1 aliphatic heterocycles. The predicted molar refractivity (Wildman–Crippen MR) is 74.6 cm³/mol. The summed E-state index contributed by atoms with van der Waals surface area (Å²) in [5, 5.41) is 3.14. The van der Waals surface area contributed by atoms with Crippen molar-refractivity contribution >= 4 is 22.4 Å². The molecule has 2 rings (SSSR count). The number of hydrogen-bond acceptors (Lipinski definition) is 3. The maximum atomic E-state index is 13.2. The first-order chi connectivity index (χ1) is 8.43. The summed E-state index contributed by atoms with van der Waals surface area (Å²) in [7, 11) is -3.52. The summed E-state index contributed by atoms with van der Waals surface area (Å²) in [6.07, 6.45) is 0.